The number of carbonyl (C=O) groups excluding carboxylic acids is 1. The summed E-state index contributed by atoms with van der Waals surface area (Å²) in [5, 5.41) is 8.25. The summed E-state index contributed by atoms with van der Waals surface area (Å²) >= 11 is 0. The first kappa shape index (κ1) is 25.3. The lowest BCUT2D eigenvalue weighted by Gasteiger charge is -2.30. The molecular formula is C28H29F2N3O3. The summed E-state index contributed by atoms with van der Waals surface area (Å²) in [6.07, 6.45) is 1.67. The molecule has 1 aromatic heterocycles. The Morgan fingerprint density at radius 1 is 1.03 bits per heavy atom. The molecule has 3 aromatic carbocycles. The van der Waals surface area contributed by atoms with E-state index in [0.29, 0.717) is 17.7 Å². The topological polar surface area (TPSA) is 65.4 Å². The number of methoxy groups -OCH3 is 1. The molecule has 4 rings (SSSR count). The van der Waals surface area contributed by atoms with Crippen LogP contribution in [-0.4, -0.2) is 35.4 Å². The van der Waals surface area contributed by atoms with E-state index in [9.17, 15) is 13.6 Å². The minimum Gasteiger partial charge on any atom is -0.484 e. The zero-order chi connectivity index (χ0) is 25.7. The van der Waals surface area contributed by atoms with Crippen molar-refractivity contribution in [2.24, 2.45) is 5.92 Å². The Morgan fingerprint density at radius 3 is 2.50 bits per heavy atom. The van der Waals surface area contributed by atoms with Crippen molar-refractivity contribution in [2.75, 3.05) is 13.7 Å². The summed E-state index contributed by atoms with van der Waals surface area (Å²) in [5.41, 5.74) is 2.17. The van der Waals surface area contributed by atoms with Crippen molar-refractivity contribution in [3.63, 3.8) is 0 Å². The lowest BCUT2D eigenvalue weighted by molar-refractivity contribution is -0.126. The van der Waals surface area contributed by atoms with E-state index in [1.807, 2.05) is 26.0 Å². The molecule has 0 aliphatic rings. The molecule has 1 unspecified atom stereocenters. The maximum Gasteiger partial charge on any atom is 0.246 e. The van der Waals surface area contributed by atoms with Crippen molar-refractivity contribution >= 4 is 16.8 Å². The van der Waals surface area contributed by atoms with Crippen LogP contribution in [0.2, 0.25) is 0 Å². The van der Waals surface area contributed by atoms with Gasteiger partial charge in [-0.15, -0.1) is 0 Å². The number of ether oxygens (including phenoxy) is 2. The van der Waals surface area contributed by atoms with Crippen LogP contribution in [0, 0.1) is 17.6 Å². The number of nitrogens with zero attached hydrogens (tertiary/aromatic N) is 2. The van der Waals surface area contributed by atoms with Gasteiger partial charge < -0.3 is 14.8 Å². The smallest absolute Gasteiger partial charge is 0.246 e. The van der Waals surface area contributed by atoms with Gasteiger partial charge in [-0.1, -0.05) is 26.0 Å². The van der Waals surface area contributed by atoms with E-state index in [1.54, 1.807) is 41.2 Å². The highest BCUT2D eigenvalue weighted by molar-refractivity contribution is 5.82. The molecule has 0 aliphatic heterocycles. The molecule has 0 spiro atoms. The Bertz CT molecular complexity index is 1320. The number of fused-ring (bicyclic) bond motifs is 1. The number of benzene rings is 3. The molecule has 6 nitrogen and oxygen atoms in total. The van der Waals surface area contributed by atoms with E-state index < -0.39 is 12.1 Å². The van der Waals surface area contributed by atoms with Gasteiger partial charge in [0.25, 0.3) is 0 Å². The number of carbonyl (C=O) groups is 1. The minimum atomic E-state index is -0.645. The van der Waals surface area contributed by atoms with Crippen molar-refractivity contribution in [1.82, 2.24) is 15.1 Å². The van der Waals surface area contributed by atoms with Crippen LogP contribution in [0.3, 0.4) is 0 Å². The van der Waals surface area contributed by atoms with Crippen molar-refractivity contribution in [3.05, 3.63) is 90.1 Å². The van der Waals surface area contributed by atoms with Gasteiger partial charge in [0, 0.05) is 12.5 Å². The van der Waals surface area contributed by atoms with E-state index in [2.05, 4.69) is 10.4 Å². The van der Waals surface area contributed by atoms with Crippen molar-refractivity contribution in [3.8, 4) is 11.4 Å². The lowest BCUT2D eigenvalue weighted by Crippen LogP contribution is -2.43. The Hall–Kier alpha value is -3.78. The van der Waals surface area contributed by atoms with Gasteiger partial charge in [-0.2, -0.15) is 5.10 Å². The van der Waals surface area contributed by atoms with Gasteiger partial charge in [-0.05, 0) is 72.5 Å². The third-order valence-electron chi connectivity index (χ3n) is 5.76. The number of hydrogen-bond donors (Lipinski definition) is 1. The Balaban J connectivity index is 1.68. The maximum absolute atomic E-state index is 14.2. The molecule has 0 fully saturated rings. The lowest BCUT2D eigenvalue weighted by atomic mass is 9.94. The summed E-state index contributed by atoms with van der Waals surface area (Å²) < 4.78 is 40.6. The summed E-state index contributed by atoms with van der Waals surface area (Å²) in [6.45, 7) is 4.01. The van der Waals surface area contributed by atoms with E-state index in [-0.39, 0.29) is 30.1 Å². The number of hydrogen-bond acceptors (Lipinski definition) is 4. The third-order valence-corrected chi connectivity index (χ3v) is 5.76. The Morgan fingerprint density at radius 2 is 1.81 bits per heavy atom. The van der Waals surface area contributed by atoms with Crippen LogP contribution in [0.4, 0.5) is 8.78 Å². The molecule has 4 aromatic rings. The molecule has 1 heterocycles. The highest BCUT2D eigenvalue weighted by Gasteiger charge is 2.28. The largest absolute Gasteiger partial charge is 0.484 e. The summed E-state index contributed by atoms with van der Waals surface area (Å²) in [6, 6.07) is 17.4. The van der Waals surface area contributed by atoms with E-state index in [1.165, 1.54) is 31.4 Å². The first-order valence-corrected chi connectivity index (χ1v) is 11.8. The summed E-state index contributed by atoms with van der Waals surface area (Å²) in [7, 11) is 1.46. The van der Waals surface area contributed by atoms with Crippen molar-refractivity contribution in [2.45, 2.75) is 32.4 Å². The van der Waals surface area contributed by atoms with Crippen LogP contribution in [-0.2, 0) is 9.53 Å². The van der Waals surface area contributed by atoms with E-state index >= 15 is 0 Å². The molecule has 36 heavy (non-hydrogen) atoms. The number of amides is 1. The highest BCUT2D eigenvalue weighted by atomic mass is 19.1. The van der Waals surface area contributed by atoms with E-state index in [4.69, 9.17) is 9.47 Å². The van der Waals surface area contributed by atoms with Crippen LogP contribution >= 0.6 is 0 Å². The van der Waals surface area contributed by atoms with Gasteiger partial charge in [0.05, 0.1) is 23.4 Å². The van der Waals surface area contributed by atoms with Crippen LogP contribution in [0.15, 0.2) is 72.9 Å². The standard InChI is InChI=1S/C28H29F2N3O3/c1-18(2)13-25(32-27(34)17-35-3)28(19-5-4-6-22(30)14-19)36-24-11-12-26-20(15-24)16-31-33(26)23-9-7-21(29)8-10-23/h4-12,14-16,18,25,28H,13,17H2,1-3H3,(H,32,34)/t25-,28?/m0/s1. The molecule has 0 radical (unpaired) electrons. The zero-order valence-corrected chi connectivity index (χ0v) is 20.4. The first-order chi connectivity index (χ1) is 17.3. The number of halogens is 2. The fourth-order valence-corrected chi connectivity index (χ4v) is 4.23. The van der Waals surface area contributed by atoms with Crippen LogP contribution in [0.1, 0.15) is 31.9 Å². The molecule has 2 atom stereocenters. The molecule has 1 amide bonds. The van der Waals surface area contributed by atoms with Gasteiger partial charge in [-0.25, -0.2) is 13.5 Å². The SMILES string of the molecule is COCC(=O)N[C@@H](CC(C)C)C(Oc1ccc2c(cnn2-c2ccc(F)cc2)c1)c1cccc(F)c1. The van der Waals surface area contributed by atoms with Crippen molar-refractivity contribution in [1.29, 1.82) is 0 Å². The second-order valence-corrected chi connectivity index (χ2v) is 9.08. The maximum atomic E-state index is 14.2. The average molecular weight is 494 g/mol. The third kappa shape index (κ3) is 6.07. The molecule has 0 aliphatic carbocycles. The number of rotatable bonds is 10. The number of nitrogens with one attached hydrogen (secondary N) is 1. The van der Waals surface area contributed by atoms with Crippen LogP contribution in [0.5, 0.6) is 5.75 Å². The van der Waals surface area contributed by atoms with Crippen molar-refractivity contribution < 1.29 is 23.0 Å². The molecule has 0 bridgehead atoms. The predicted molar refractivity (Wildman–Crippen MR) is 134 cm³/mol. The summed E-state index contributed by atoms with van der Waals surface area (Å²) in [5.74, 6) is -0.185. The fourth-order valence-electron chi connectivity index (χ4n) is 4.23. The molecule has 1 N–H and O–H groups in total. The minimum absolute atomic E-state index is 0.0843. The first-order valence-electron chi connectivity index (χ1n) is 11.8. The van der Waals surface area contributed by atoms with Crippen LogP contribution in [0.25, 0.3) is 16.6 Å². The second-order valence-electron chi connectivity index (χ2n) is 9.08. The fraction of sp³-hybridized carbons (Fsp3) is 0.286. The molecule has 8 heteroatoms. The Kier molecular flexibility index (Phi) is 7.95. The molecule has 188 valence electrons. The van der Waals surface area contributed by atoms with E-state index in [0.717, 1.165) is 16.6 Å². The van der Waals surface area contributed by atoms with Gasteiger partial charge in [-0.3, -0.25) is 4.79 Å². The number of aromatic nitrogens is 2. The Labute approximate surface area is 208 Å². The average Bonchev–Trinajstić information content (AvgIpc) is 3.26. The van der Waals surface area contributed by atoms with Gasteiger partial charge in [0.15, 0.2) is 0 Å². The molecule has 0 saturated carbocycles. The predicted octanol–water partition coefficient (Wildman–Crippen LogP) is 5.60. The van der Waals surface area contributed by atoms with Gasteiger partial charge in [0.2, 0.25) is 5.91 Å². The van der Waals surface area contributed by atoms with Gasteiger partial charge in [0.1, 0.15) is 30.1 Å². The quantitative estimate of drug-likeness (QED) is 0.312. The van der Waals surface area contributed by atoms with Gasteiger partial charge >= 0.3 is 0 Å². The molecule has 0 saturated heterocycles. The highest BCUT2D eigenvalue weighted by Crippen LogP contribution is 2.31. The summed E-state index contributed by atoms with van der Waals surface area (Å²) in [4.78, 5) is 12.4. The second kappa shape index (κ2) is 11.3. The van der Waals surface area contributed by atoms with Crippen LogP contribution < -0.4 is 10.1 Å². The normalized spacial score (nSPS) is 13.1. The molecular weight excluding hydrogens is 464 g/mol. The monoisotopic (exact) mass is 493 g/mol. The zero-order valence-electron chi connectivity index (χ0n) is 20.4.